The molecule has 0 aliphatic heterocycles. The van der Waals surface area contributed by atoms with E-state index in [1.807, 2.05) is 26.8 Å². The average Bonchev–Trinajstić information content (AvgIpc) is 3.17. The Bertz CT molecular complexity index is 1120. The molecule has 0 radical (unpaired) electrons. The Labute approximate surface area is 156 Å². The molecule has 3 N–H and O–H groups in total. The molecule has 0 aliphatic carbocycles. The number of aromatic nitrogens is 4. The number of rotatable bonds is 5. The van der Waals surface area contributed by atoms with Crippen molar-refractivity contribution in [1.29, 1.82) is 0 Å². The van der Waals surface area contributed by atoms with E-state index in [2.05, 4.69) is 26.2 Å². The number of methoxy groups -OCH3 is 1. The molecule has 140 valence electrons. The molecule has 4 rings (SSSR count). The highest BCUT2D eigenvalue weighted by molar-refractivity contribution is 6.09. The number of nitrogens with two attached hydrogens (primary N) is 1. The first kappa shape index (κ1) is 17.5. The number of H-pyrrole nitrogens is 1. The predicted octanol–water partition coefficient (Wildman–Crippen LogP) is 3.59. The van der Waals surface area contributed by atoms with Gasteiger partial charge in [0.25, 0.3) is 0 Å². The normalized spacial score (nSPS) is 11.6. The third kappa shape index (κ3) is 2.84. The van der Waals surface area contributed by atoms with Crippen LogP contribution >= 0.6 is 0 Å². The van der Waals surface area contributed by atoms with Crippen LogP contribution in [0, 0.1) is 20.8 Å². The van der Waals surface area contributed by atoms with Gasteiger partial charge in [0, 0.05) is 21.9 Å². The molecule has 0 amide bonds. The Morgan fingerprint density at radius 2 is 2.00 bits per heavy atom. The third-order valence-corrected chi connectivity index (χ3v) is 4.88. The summed E-state index contributed by atoms with van der Waals surface area (Å²) in [5.41, 5.74) is 11.3. The highest BCUT2D eigenvalue weighted by Crippen LogP contribution is 2.39. The minimum absolute atomic E-state index is 0.631. The molecule has 1 aromatic carbocycles. The van der Waals surface area contributed by atoms with Gasteiger partial charge in [0.15, 0.2) is 0 Å². The number of hydrogen-bond donors (Lipinski definition) is 2. The van der Waals surface area contributed by atoms with Gasteiger partial charge in [0.1, 0.15) is 23.0 Å². The van der Waals surface area contributed by atoms with Crippen molar-refractivity contribution in [2.24, 2.45) is 5.73 Å². The Kier molecular flexibility index (Phi) is 4.31. The summed E-state index contributed by atoms with van der Waals surface area (Å²) in [6.07, 6.45) is 1.70. The van der Waals surface area contributed by atoms with Crippen molar-refractivity contribution in [3.8, 4) is 16.9 Å². The first-order chi connectivity index (χ1) is 13.0. The average molecular weight is 365 g/mol. The van der Waals surface area contributed by atoms with E-state index in [-0.39, 0.29) is 0 Å². The Morgan fingerprint density at radius 1 is 1.19 bits per heavy atom. The Balaban J connectivity index is 2.02. The topological polar surface area (TPSA) is 103 Å². The van der Waals surface area contributed by atoms with Gasteiger partial charge in [-0.1, -0.05) is 5.16 Å². The standard InChI is InChI=1S/C20H23N5O2/c1-10-18(11(2)27-25-10)14-8-16-13(9-17(14)26-4)19-15(6-5-7-21)22-12(3)23-20(19)24-16/h8-9H,5-7,21H2,1-4H3,(H,22,23,24). The van der Waals surface area contributed by atoms with Crippen molar-refractivity contribution in [2.75, 3.05) is 13.7 Å². The van der Waals surface area contributed by atoms with E-state index in [1.54, 1.807) is 7.11 Å². The van der Waals surface area contributed by atoms with Crippen LogP contribution in [0.5, 0.6) is 5.75 Å². The van der Waals surface area contributed by atoms with Crippen LogP contribution in [0.4, 0.5) is 0 Å². The molecular weight excluding hydrogens is 342 g/mol. The van der Waals surface area contributed by atoms with Gasteiger partial charge in [0.2, 0.25) is 0 Å². The van der Waals surface area contributed by atoms with Gasteiger partial charge in [0.05, 0.1) is 24.1 Å². The predicted molar refractivity (Wildman–Crippen MR) is 105 cm³/mol. The van der Waals surface area contributed by atoms with E-state index in [9.17, 15) is 0 Å². The van der Waals surface area contributed by atoms with Crippen LogP contribution in [0.3, 0.4) is 0 Å². The maximum atomic E-state index is 5.71. The number of benzene rings is 1. The van der Waals surface area contributed by atoms with Crippen LogP contribution in [0.1, 0.15) is 29.4 Å². The number of aryl methyl sites for hydroxylation is 4. The SMILES string of the molecule is COc1cc2c(cc1-c1c(C)noc1C)[nH]c1nc(C)nc(CCCN)c12. The summed E-state index contributed by atoms with van der Waals surface area (Å²) in [6, 6.07) is 4.12. The van der Waals surface area contributed by atoms with Gasteiger partial charge < -0.3 is 20.0 Å². The summed E-state index contributed by atoms with van der Waals surface area (Å²) in [5.74, 6) is 2.28. The lowest BCUT2D eigenvalue weighted by atomic mass is 10.00. The van der Waals surface area contributed by atoms with Gasteiger partial charge in [-0.3, -0.25) is 0 Å². The maximum Gasteiger partial charge on any atom is 0.142 e. The van der Waals surface area contributed by atoms with Crippen LogP contribution in [0.15, 0.2) is 16.7 Å². The van der Waals surface area contributed by atoms with Crippen molar-refractivity contribution >= 4 is 21.9 Å². The molecule has 0 aliphatic rings. The maximum absolute atomic E-state index is 5.71. The first-order valence-corrected chi connectivity index (χ1v) is 9.03. The number of nitrogens with zero attached hydrogens (tertiary/aromatic N) is 3. The summed E-state index contributed by atoms with van der Waals surface area (Å²) in [4.78, 5) is 12.7. The zero-order valence-electron chi connectivity index (χ0n) is 16.0. The first-order valence-electron chi connectivity index (χ1n) is 9.03. The summed E-state index contributed by atoms with van der Waals surface area (Å²) < 4.78 is 11.1. The molecule has 7 nitrogen and oxygen atoms in total. The van der Waals surface area contributed by atoms with Gasteiger partial charge in [-0.25, -0.2) is 9.97 Å². The number of fused-ring (bicyclic) bond motifs is 3. The fraction of sp³-hybridized carbons (Fsp3) is 0.350. The van der Waals surface area contributed by atoms with E-state index in [1.165, 1.54) is 0 Å². The minimum atomic E-state index is 0.631. The second kappa shape index (κ2) is 6.66. The zero-order valence-corrected chi connectivity index (χ0v) is 16.0. The molecule has 0 unspecified atom stereocenters. The molecule has 0 atom stereocenters. The molecular formula is C20H23N5O2. The summed E-state index contributed by atoms with van der Waals surface area (Å²) in [7, 11) is 1.67. The molecule has 27 heavy (non-hydrogen) atoms. The molecule has 3 aromatic heterocycles. The van der Waals surface area contributed by atoms with Crippen molar-refractivity contribution in [1.82, 2.24) is 20.1 Å². The summed E-state index contributed by atoms with van der Waals surface area (Å²) in [6.45, 7) is 6.38. The molecule has 3 heterocycles. The minimum Gasteiger partial charge on any atom is -0.496 e. The van der Waals surface area contributed by atoms with Crippen LogP contribution in [0.2, 0.25) is 0 Å². The van der Waals surface area contributed by atoms with Crippen LogP contribution in [0.25, 0.3) is 33.1 Å². The zero-order chi connectivity index (χ0) is 19.1. The Hall–Kier alpha value is -2.93. The van der Waals surface area contributed by atoms with Crippen molar-refractivity contribution in [3.63, 3.8) is 0 Å². The quantitative estimate of drug-likeness (QED) is 0.560. The van der Waals surface area contributed by atoms with Gasteiger partial charge in [-0.05, 0) is 52.3 Å². The van der Waals surface area contributed by atoms with Crippen molar-refractivity contribution < 1.29 is 9.26 Å². The highest BCUT2D eigenvalue weighted by atomic mass is 16.5. The third-order valence-electron chi connectivity index (χ3n) is 4.88. The fourth-order valence-corrected chi connectivity index (χ4v) is 3.70. The lowest BCUT2D eigenvalue weighted by molar-refractivity contribution is 0.393. The lowest BCUT2D eigenvalue weighted by Gasteiger charge is -2.09. The molecule has 4 aromatic rings. The monoisotopic (exact) mass is 365 g/mol. The smallest absolute Gasteiger partial charge is 0.142 e. The van der Waals surface area contributed by atoms with E-state index >= 15 is 0 Å². The van der Waals surface area contributed by atoms with Gasteiger partial charge in [-0.2, -0.15) is 0 Å². The second-order valence-electron chi connectivity index (χ2n) is 6.76. The van der Waals surface area contributed by atoms with Crippen LogP contribution in [-0.2, 0) is 6.42 Å². The number of nitrogens with one attached hydrogen (secondary N) is 1. The van der Waals surface area contributed by atoms with Crippen molar-refractivity contribution in [3.05, 3.63) is 35.1 Å². The lowest BCUT2D eigenvalue weighted by Crippen LogP contribution is -2.03. The highest BCUT2D eigenvalue weighted by Gasteiger charge is 2.20. The van der Waals surface area contributed by atoms with E-state index in [0.29, 0.717) is 6.54 Å². The van der Waals surface area contributed by atoms with E-state index in [0.717, 1.165) is 74.6 Å². The summed E-state index contributed by atoms with van der Waals surface area (Å²) >= 11 is 0. The van der Waals surface area contributed by atoms with Crippen LogP contribution in [-0.4, -0.2) is 33.8 Å². The van der Waals surface area contributed by atoms with Gasteiger partial charge >= 0.3 is 0 Å². The molecule has 0 saturated carbocycles. The molecule has 0 saturated heterocycles. The largest absolute Gasteiger partial charge is 0.496 e. The Morgan fingerprint density at radius 3 is 2.67 bits per heavy atom. The second-order valence-corrected chi connectivity index (χ2v) is 6.76. The molecule has 0 fully saturated rings. The molecule has 0 bridgehead atoms. The molecule has 0 spiro atoms. The number of hydrogen-bond acceptors (Lipinski definition) is 6. The van der Waals surface area contributed by atoms with E-state index < -0.39 is 0 Å². The molecule has 7 heteroatoms. The van der Waals surface area contributed by atoms with E-state index in [4.69, 9.17) is 15.0 Å². The number of ether oxygens (including phenoxy) is 1. The fourth-order valence-electron chi connectivity index (χ4n) is 3.70. The van der Waals surface area contributed by atoms with Crippen LogP contribution < -0.4 is 10.5 Å². The van der Waals surface area contributed by atoms with Gasteiger partial charge in [-0.15, -0.1) is 0 Å². The summed E-state index contributed by atoms with van der Waals surface area (Å²) in [5, 5.41) is 6.16. The number of aromatic amines is 1. The van der Waals surface area contributed by atoms with Crippen molar-refractivity contribution in [2.45, 2.75) is 33.6 Å².